The average molecular weight is 124 g/mol. The molecule has 9 heavy (non-hydrogen) atoms. The minimum Gasteiger partial charge on any atom is -0.0993 e. The lowest BCUT2D eigenvalue weighted by molar-refractivity contribution is 0.543. The number of hydrogen-bond acceptors (Lipinski definition) is 0. The molecule has 0 aromatic heterocycles. The summed E-state index contributed by atoms with van der Waals surface area (Å²) in [4.78, 5) is 0. The van der Waals surface area contributed by atoms with Crippen LogP contribution < -0.4 is 0 Å². The van der Waals surface area contributed by atoms with E-state index in [0.717, 1.165) is 0 Å². The Morgan fingerprint density at radius 1 is 1.00 bits per heavy atom. The molecule has 0 rings (SSSR count). The van der Waals surface area contributed by atoms with Crippen molar-refractivity contribution in [1.29, 1.82) is 0 Å². The molecule has 0 fully saturated rings. The van der Waals surface area contributed by atoms with Crippen molar-refractivity contribution in [2.75, 3.05) is 0 Å². The van der Waals surface area contributed by atoms with Gasteiger partial charge in [-0.3, -0.25) is 0 Å². The Labute approximate surface area is 58.3 Å². The van der Waals surface area contributed by atoms with Gasteiger partial charge in [0.2, 0.25) is 0 Å². The van der Waals surface area contributed by atoms with E-state index in [4.69, 9.17) is 0 Å². The van der Waals surface area contributed by atoms with E-state index in [0.29, 0.717) is 0 Å². The Hall–Kier alpha value is -0.520. The van der Waals surface area contributed by atoms with Gasteiger partial charge < -0.3 is 0 Å². The van der Waals surface area contributed by atoms with Crippen LogP contribution in [0.2, 0.25) is 0 Å². The van der Waals surface area contributed by atoms with Crippen LogP contribution in [0.5, 0.6) is 0 Å². The van der Waals surface area contributed by atoms with Gasteiger partial charge in [-0.05, 0) is 13.8 Å². The third-order valence-corrected chi connectivity index (χ3v) is 2.13. The Bertz CT molecular complexity index is 122. The van der Waals surface area contributed by atoms with Crippen molar-refractivity contribution in [2.45, 2.75) is 27.7 Å². The second kappa shape index (κ2) is 2.38. The molecule has 0 N–H and O–H groups in total. The highest BCUT2D eigenvalue weighted by atomic mass is 14.2. The lowest BCUT2D eigenvalue weighted by atomic mass is 9.80. The zero-order valence-electron chi connectivity index (χ0n) is 6.91. The molecule has 0 aliphatic carbocycles. The van der Waals surface area contributed by atoms with Crippen LogP contribution in [0.3, 0.4) is 0 Å². The van der Waals surface area contributed by atoms with E-state index in [-0.39, 0.29) is 5.41 Å². The van der Waals surface area contributed by atoms with Crippen LogP contribution in [0.4, 0.5) is 0 Å². The van der Waals surface area contributed by atoms with Crippen molar-refractivity contribution >= 4 is 0 Å². The Morgan fingerprint density at radius 2 is 1.22 bits per heavy atom. The van der Waals surface area contributed by atoms with Gasteiger partial charge in [-0.25, -0.2) is 0 Å². The number of rotatable bonds is 2. The Kier molecular flexibility index (Phi) is 2.25. The van der Waals surface area contributed by atoms with Crippen LogP contribution in [-0.2, 0) is 0 Å². The highest BCUT2D eigenvalue weighted by Gasteiger charge is 2.18. The van der Waals surface area contributed by atoms with E-state index in [1.54, 1.807) is 0 Å². The molecule has 52 valence electrons. The van der Waals surface area contributed by atoms with Gasteiger partial charge in [0.1, 0.15) is 0 Å². The van der Waals surface area contributed by atoms with E-state index < -0.39 is 0 Å². The molecule has 0 unspecified atom stereocenters. The maximum Gasteiger partial charge on any atom is 0.00531 e. The van der Waals surface area contributed by atoms with Gasteiger partial charge in [-0.1, -0.05) is 38.2 Å². The van der Waals surface area contributed by atoms with Crippen molar-refractivity contribution in [3.8, 4) is 0 Å². The quantitative estimate of drug-likeness (QED) is 0.496. The first-order valence-corrected chi connectivity index (χ1v) is 3.21. The molecule has 0 heterocycles. The summed E-state index contributed by atoms with van der Waals surface area (Å²) in [6, 6.07) is 0. The average Bonchev–Trinajstić information content (AvgIpc) is 1.65. The molecule has 0 saturated heterocycles. The fraction of sp³-hybridized carbons (Fsp3) is 0.556. The zero-order chi connectivity index (χ0) is 7.65. The van der Waals surface area contributed by atoms with Gasteiger partial charge >= 0.3 is 0 Å². The molecular formula is C9H16. The van der Waals surface area contributed by atoms with Gasteiger partial charge in [0.05, 0.1) is 0 Å². The fourth-order valence-corrected chi connectivity index (χ4v) is 0.364. The van der Waals surface area contributed by atoms with Crippen molar-refractivity contribution in [3.05, 3.63) is 24.3 Å². The number of allylic oxidation sites excluding steroid dienone is 2. The Morgan fingerprint density at radius 3 is 1.22 bits per heavy atom. The zero-order valence-corrected chi connectivity index (χ0v) is 6.91. The molecule has 0 aromatic rings. The molecular weight excluding hydrogens is 108 g/mol. The largest absolute Gasteiger partial charge is 0.0993 e. The third-order valence-electron chi connectivity index (χ3n) is 2.13. The second-order valence-electron chi connectivity index (χ2n) is 3.19. The lowest BCUT2D eigenvalue weighted by Crippen LogP contribution is -2.12. The van der Waals surface area contributed by atoms with Crippen molar-refractivity contribution in [3.63, 3.8) is 0 Å². The summed E-state index contributed by atoms with van der Waals surface area (Å²) in [5.74, 6) is 0. The molecule has 0 radical (unpaired) electrons. The number of hydrogen-bond donors (Lipinski definition) is 0. The topological polar surface area (TPSA) is 0 Å². The first-order chi connectivity index (χ1) is 3.89. The summed E-state index contributed by atoms with van der Waals surface area (Å²) >= 11 is 0. The lowest BCUT2D eigenvalue weighted by Gasteiger charge is -2.25. The van der Waals surface area contributed by atoms with Crippen LogP contribution >= 0.6 is 0 Å². The van der Waals surface area contributed by atoms with E-state index in [9.17, 15) is 0 Å². The summed E-state index contributed by atoms with van der Waals surface area (Å²) in [6.45, 7) is 16.1. The normalized spacial score (nSPS) is 11.1. The molecule has 0 aliphatic heterocycles. The van der Waals surface area contributed by atoms with Gasteiger partial charge in [0.15, 0.2) is 0 Å². The SMILES string of the molecule is C=C(C)C(C)(C)C(=C)C. The van der Waals surface area contributed by atoms with Crippen LogP contribution in [0.1, 0.15) is 27.7 Å². The van der Waals surface area contributed by atoms with Gasteiger partial charge in [-0.2, -0.15) is 0 Å². The summed E-state index contributed by atoms with van der Waals surface area (Å²) in [5.41, 5.74) is 2.46. The standard InChI is InChI=1S/C9H16/c1-7(2)9(5,6)8(3)4/h1,3H2,2,4-6H3. The van der Waals surface area contributed by atoms with E-state index in [1.807, 2.05) is 13.8 Å². The molecule has 0 aliphatic rings. The molecule has 0 heteroatoms. The highest BCUT2D eigenvalue weighted by Crippen LogP contribution is 2.31. The van der Waals surface area contributed by atoms with Crippen molar-refractivity contribution in [2.24, 2.45) is 5.41 Å². The van der Waals surface area contributed by atoms with Gasteiger partial charge in [-0.15, -0.1) is 0 Å². The minimum absolute atomic E-state index is 0.111. The summed E-state index contributed by atoms with van der Waals surface area (Å²) in [6.07, 6.45) is 0. The van der Waals surface area contributed by atoms with Crippen LogP contribution in [0.15, 0.2) is 24.3 Å². The molecule has 0 aromatic carbocycles. The maximum absolute atomic E-state index is 3.89. The highest BCUT2D eigenvalue weighted by molar-refractivity contribution is 5.19. The van der Waals surface area contributed by atoms with Crippen molar-refractivity contribution < 1.29 is 0 Å². The summed E-state index contributed by atoms with van der Waals surface area (Å²) in [7, 11) is 0. The Balaban J connectivity index is 4.38. The summed E-state index contributed by atoms with van der Waals surface area (Å²) in [5, 5.41) is 0. The van der Waals surface area contributed by atoms with Gasteiger partial charge in [0, 0.05) is 5.41 Å². The summed E-state index contributed by atoms with van der Waals surface area (Å²) < 4.78 is 0. The second-order valence-corrected chi connectivity index (χ2v) is 3.19. The minimum atomic E-state index is 0.111. The predicted octanol–water partition coefficient (Wildman–Crippen LogP) is 3.16. The maximum atomic E-state index is 3.89. The first kappa shape index (κ1) is 8.48. The van der Waals surface area contributed by atoms with E-state index >= 15 is 0 Å². The smallest absolute Gasteiger partial charge is 0.00531 e. The molecule has 0 nitrogen and oxygen atoms in total. The monoisotopic (exact) mass is 124 g/mol. The third kappa shape index (κ3) is 1.70. The molecule has 0 amide bonds. The molecule has 0 saturated carbocycles. The molecule has 0 atom stereocenters. The fourth-order valence-electron chi connectivity index (χ4n) is 0.364. The van der Waals surface area contributed by atoms with E-state index in [2.05, 4.69) is 27.0 Å². The van der Waals surface area contributed by atoms with Crippen LogP contribution in [0, 0.1) is 5.41 Å². The molecule has 0 spiro atoms. The molecule has 0 bridgehead atoms. The predicted molar refractivity (Wildman–Crippen MR) is 43.4 cm³/mol. The van der Waals surface area contributed by atoms with Crippen LogP contribution in [0.25, 0.3) is 0 Å². The van der Waals surface area contributed by atoms with E-state index in [1.165, 1.54) is 11.1 Å². The van der Waals surface area contributed by atoms with Crippen LogP contribution in [-0.4, -0.2) is 0 Å². The van der Waals surface area contributed by atoms with Gasteiger partial charge in [0.25, 0.3) is 0 Å². The first-order valence-electron chi connectivity index (χ1n) is 3.21. The van der Waals surface area contributed by atoms with Crippen molar-refractivity contribution in [1.82, 2.24) is 0 Å².